The van der Waals surface area contributed by atoms with Crippen molar-refractivity contribution in [2.45, 2.75) is 38.6 Å². The van der Waals surface area contributed by atoms with Gasteiger partial charge in [0.1, 0.15) is 17.3 Å². The highest BCUT2D eigenvalue weighted by Gasteiger charge is 2.11. The van der Waals surface area contributed by atoms with Crippen LogP contribution in [0.3, 0.4) is 0 Å². The third-order valence-electron chi connectivity index (χ3n) is 6.98. The van der Waals surface area contributed by atoms with Crippen LogP contribution in [-0.2, 0) is 13.0 Å². The second kappa shape index (κ2) is 13.0. The summed E-state index contributed by atoms with van der Waals surface area (Å²) in [6.45, 7) is 2.17. The standard InChI is InChI=1S/C33H35N3O3/c1-38-27-20-18-26(19-21-27)33(37)34-22-8-2-3-17-32-35-29-14-6-7-15-30(29)36(32)23-10-24-39-31-16-9-12-25-11-4-5-13-28(25)31/h4-7,9,11-16,18-21H,2-3,8,10,17,22-24H2,1H3,(H,34,37). The molecular weight excluding hydrogens is 486 g/mol. The maximum atomic E-state index is 12.3. The molecule has 1 aromatic heterocycles. The minimum atomic E-state index is -0.0508. The van der Waals surface area contributed by atoms with Gasteiger partial charge in [0.05, 0.1) is 24.8 Å². The molecule has 4 aromatic carbocycles. The van der Waals surface area contributed by atoms with Crippen LogP contribution in [0.2, 0.25) is 0 Å². The molecule has 0 saturated carbocycles. The van der Waals surface area contributed by atoms with E-state index >= 15 is 0 Å². The zero-order chi connectivity index (χ0) is 26.9. The second-order valence-electron chi connectivity index (χ2n) is 9.64. The minimum absolute atomic E-state index is 0.0508. The first-order valence-electron chi connectivity index (χ1n) is 13.7. The molecule has 1 N–H and O–H groups in total. The summed E-state index contributed by atoms with van der Waals surface area (Å²) < 4.78 is 13.7. The van der Waals surface area contributed by atoms with Gasteiger partial charge in [-0.1, -0.05) is 55.0 Å². The Balaban J connectivity index is 1.10. The number of hydrogen-bond acceptors (Lipinski definition) is 4. The molecule has 1 amide bonds. The molecule has 0 bridgehead atoms. The van der Waals surface area contributed by atoms with Gasteiger partial charge in [-0.2, -0.15) is 0 Å². The number of rotatable bonds is 13. The molecule has 39 heavy (non-hydrogen) atoms. The number of imidazole rings is 1. The number of carbonyl (C=O) groups is 1. The number of benzene rings is 4. The first-order valence-corrected chi connectivity index (χ1v) is 13.7. The molecule has 6 nitrogen and oxygen atoms in total. The molecule has 0 saturated heterocycles. The number of aromatic nitrogens is 2. The fraction of sp³-hybridized carbons (Fsp3) is 0.273. The van der Waals surface area contributed by atoms with Crippen LogP contribution in [0.25, 0.3) is 21.8 Å². The molecule has 0 unspecified atom stereocenters. The molecule has 5 rings (SSSR count). The number of unbranched alkanes of at least 4 members (excludes halogenated alkanes) is 2. The Morgan fingerprint density at radius 1 is 0.846 bits per heavy atom. The Morgan fingerprint density at radius 2 is 1.64 bits per heavy atom. The van der Waals surface area contributed by atoms with Gasteiger partial charge in [0.2, 0.25) is 0 Å². The van der Waals surface area contributed by atoms with Gasteiger partial charge in [0.15, 0.2) is 0 Å². The third-order valence-corrected chi connectivity index (χ3v) is 6.98. The molecule has 1 heterocycles. The van der Waals surface area contributed by atoms with E-state index in [1.165, 1.54) is 10.9 Å². The third kappa shape index (κ3) is 6.58. The van der Waals surface area contributed by atoms with Crippen molar-refractivity contribution in [3.05, 3.63) is 102 Å². The van der Waals surface area contributed by atoms with E-state index in [1.54, 1.807) is 31.4 Å². The molecule has 200 valence electrons. The van der Waals surface area contributed by atoms with Gasteiger partial charge in [-0.05, 0) is 67.1 Å². The fourth-order valence-corrected chi connectivity index (χ4v) is 4.92. The summed E-state index contributed by atoms with van der Waals surface area (Å²) in [7, 11) is 1.62. The molecule has 0 aliphatic carbocycles. The Hall–Kier alpha value is -4.32. The van der Waals surface area contributed by atoms with Gasteiger partial charge >= 0.3 is 0 Å². The summed E-state index contributed by atoms with van der Waals surface area (Å²) in [5.41, 5.74) is 2.85. The molecule has 0 spiro atoms. The highest BCUT2D eigenvalue weighted by molar-refractivity contribution is 5.94. The number of para-hydroxylation sites is 2. The Kier molecular flexibility index (Phi) is 8.74. The smallest absolute Gasteiger partial charge is 0.251 e. The van der Waals surface area contributed by atoms with E-state index in [9.17, 15) is 4.79 Å². The van der Waals surface area contributed by atoms with Crippen LogP contribution in [0.15, 0.2) is 91.0 Å². The van der Waals surface area contributed by atoms with Crippen molar-refractivity contribution in [2.75, 3.05) is 20.3 Å². The van der Waals surface area contributed by atoms with E-state index in [4.69, 9.17) is 14.5 Å². The predicted molar refractivity (Wildman–Crippen MR) is 157 cm³/mol. The first-order chi connectivity index (χ1) is 19.2. The van der Waals surface area contributed by atoms with E-state index < -0.39 is 0 Å². The van der Waals surface area contributed by atoms with Crippen molar-refractivity contribution in [1.29, 1.82) is 0 Å². The molecular formula is C33H35N3O3. The van der Waals surface area contributed by atoms with Gasteiger partial charge in [-0.3, -0.25) is 4.79 Å². The van der Waals surface area contributed by atoms with Crippen molar-refractivity contribution in [2.24, 2.45) is 0 Å². The largest absolute Gasteiger partial charge is 0.497 e. The minimum Gasteiger partial charge on any atom is -0.497 e. The molecule has 0 aliphatic heterocycles. The number of fused-ring (bicyclic) bond motifs is 2. The monoisotopic (exact) mass is 521 g/mol. The van der Waals surface area contributed by atoms with Crippen molar-refractivity contribution in [3.8, 4) is 11.5 Å². The summed E-state index contributed by atoms with van der Waals surface area (Å²) in [5.74, 6) is 2.74. The number of aryl methyl sites for hydroxylation is 2. The molecule has 6 heteroatoms. The van der Waals surface area contributed by atoms with Crippen molar-refractivity contribution in [1.82, 2.24) is 14.9 Å². The van der Waals surface area contributed by atoms with Crippen LogP contribution in [0.4, 0.5) is 0 Å². The van der Waals surface area contributed by atoms with E-state index in [1.807, 2.05) is 24.3 Å². The van der Waals surface area contributed by atoms with Gasteiger partial charge in [-0.25, -0.2) is 4.98 Å². The fourth-order valence-electron chi connectivity index (χ4n) is 4.92. The average Bonchev–Trinajstić information content (AvgIpc) is 3.34. The van der Waals surface area contributed by atoms with Crippen LogP contribution < -0.4 is 14.8 Å². The Labute approximate surface area is 229 Å². The number of methoxy groups -OCH3 is 1. The molecule has 0 aliphatic rings. The van der Waals surface area contributed by atoms with E-state index in [0.29, 0.717) is 18.7 Å². The normalized spacial score (nSPS) is 11.1. The molecule has 0 fully saturated rings. The highest BCUT2D eigenvalue weighted by atomic mass is 16.5. The predicted octanol–water partition coefficient (Wildman–Crippen LogP) is 6.81. The lowest BCUT2D eigenvalue weighted by molar-refractivity contribution is 0.0953. The maximum Gasteiger partial charge on any atom is 0.251 e. The molecule has 0 radical (unpaired) electrons. The van der Waals surface area contributed by atoms with Gasteiger partial charge < -0.3 is 19.4 Å². The Bertz CT molecular complexity index is 1520. The number of amides is 1. The topological polar surface area (TPSA) is 65.4 Å². The number of carbonyl (C=O) groups excluding carboxylic acids is 1. The highest BCUT2D eigenvalue weighted by Crippen LogP contribution is 2.25. The van der Waals surface area contributed by atoms with Gasteiger partial charge in [0, 0.05) is 30.5 Å². The van der Waals surface area contributed by atoms with Crippen LogP contribution in [0.5, 0.6) is 11.5 Å². The van der Waals surface area contributed by atoms with Crippen molar-refractivity contribution < 1.29 is 14.3 Å². The van der Waals surface area contributed by atoms with E-state index in [-0.39, 0.29) is 5.91 Å². The average molecular weight is 522 g/mol. The quantitative estimate of drug-likeness (QED) is 0.173. The lowest BCUT2D eigenvalue weighted by atomic mass is 10.1. The van der Waals surface area contributed by atoms with Crippen LogP contribution in [0, 0.1) is 0 Å². The summed E-state index contributed by atoms with van der Waals surface area (Å²) in [5, 5.41) is 5.35. The Morgan fingerprint density at radius 3 is 2.51 bits per heavy atom. The SMILES string of the molecule is COc1ccc(C(=O)NCCCCCc2nc3ccccc3n2CCCOc2cccc3ccccc23)cc1. The first kappa shape index (κ1) is 26.3. The van der Waals surface area contributed by atoms with Crippen molar-refractivity contribution in [3.63, 3.8) is 0 Å². The summed E-state index contributed by atoms with van der Waals surface area (Å²) in [4.78, 5) is 17.3. The zero-order valence-corrected chi connectivity index (χ0v) is 22.4. The summed E-state index contributed by atoms with van der Waals surface area (Å²) >= 11 is 0. The van der Waals surface area contributed by atoms with Gasteiger partial charge in [-0.15, -0.1) is 0 Å². The number of nitrogens with one attached hydrogen (secondary N) is 1. The summed E-state index contributed by atoms with van der Waals surface area (Å²) in [6.07, 6.45) is 4.78. The molecule has 5 aromatic rings. The maximum absolute atomic E-state index is 12.3. The second-order valence-corrected chi connectivity index (χ2v) is 9.64. The van der Waals surface area contributed by atoms with Crippen LogP contribution in [0.1, 0.15) is 41.9 Å². The zero-order valence-electron chi connectivity index (χ0n) is 22.4. The number of hydrogen-bond donors (Lipinski definition) is 1. The summed E-state index contributed by atoms with van der Waals surface area (Å²) in [6, 6.07) is 30.0. The number of nitrogens with zero attached hydrogens (tertiary/aromatic N) is 2. The van der Waals surface area contributed by atoms with E-state index in [2.05, 4.69) is 52.3 Å². The lowest BCUT2D eigenvalue weighted by Crippen LogP contribution is -2.24. The lowest BCUT2D eigenvalue weighted by Gasteiger charge is -2.12. The van der Waals surface area contributed by atoms with E-state index in [0.717, 1.165) is 66.9 Å². The molecule has 0 atom stereocenters. The van der Waals surface area contributed by atoms with Crippen LogP contribution in [-0.4, -0.2) is 35.7 Å². The van der Waals surface area contributed by atoms with Gasteiger partial charge in [0.25, 0.3) is 5.91 Å². The van der Waals surface area contributed by atoms with Crippen LogP contribution >= 0.6 is 0 Å². The van der Waals surface area contributed by atoms with Crippen molar-refractivity contribution >= 4 is 27.7 Å². The number of ether oxygens (including phenoxy) is 2.